The van der Waals surface area contributed by atoms with Crippen LogP contribution in [0.4, 0.5) is 0 Å². The van der Waals surface area contributed by atoms with E-state index >= 15 is 0 Å². The Kier molecular flexibility index (Phi) is 5.00. The van der Waals surface area contributed by atoms with Crippen LogP contribution in [-0.4, -0.2) is 18.5 Å². The fraction of sp³-hybridized carbons (Fsp3) is 0.462. The van der Waals surface area contributed by atoms with Gasteiger partial charge in [0.2, 0.25) is 0 Å². The summed E-state index contributed by atoms with van der Waals surface area (Å²) in [5.41, 5.74) is 1.23. The molecule has 0 unspecified atom stereocenters. The molecule has 0 spiro atoms. The summed E-state index contributed by atoms with van der Waals surface area (Å²) < 4.78 is 1.09. The van der Waals surface area contributed by atoms with Crippen molar-refractivity contribution < 1.29 is 0 Å². The highest BCUT2D eigenvalue weighted by atomic mass is 79.9. The van der Waals surface area contributed by atoms with Crippen molar-refractivity contribution in [1.82, 2.24) is 10.6 Å². The lowest BCUT2D eigenvalue weighted by Gasteiger charge is -2.23. The quantitative estimate of drug-likeness (QED) is 0.650. The van der Waals surface area contributed by atoms with Gasteiger partial charge in [-0.05, 0) is 38.5 Å². The van der Waals surface area contributed by atoms with E-state index in [1.165, 1.54) is 5.56 Å². The van der Waals surface area contributed by atoms with E-state index in [2.05, 4.69) is 64.5 Å². The molecule has 0 radical (unpaired) electrons. The predicted molar refractivity (Wildman–Crippen MR) is 77.2 cm³/mol. The van der Waals surface area contributed by atoms with Crippen molar-refractivity contribution in [3.8, 4) is 0 Å². The van der Waals surface area contributed by atoms with Gasteiger partial charge in [-0.25, -0.2) is 0 Å². The highest BCUT2D eigenvalue weighted by molar-refractivity contribution is 9.10. The van der Waals surface area contributed by atoms with Gasteiger partial charge in [-0.3, -0.25) is 4.99 Å². The zero-order valence-electron chi connectivity index (χ0n) is 10.8. The van der Waals surface area contributed by atoms with Crippen molar-refractivity contribution in [1.29, 1.82) is 0 Å². The van der Waals surface area contributed by atoms with Gasteiger partial charge < -0.3 is 10.6 Å². The highest BCUT2D eigenvalue weighted by Crippen LogP contribution is 2.11. The summed E-state index contributed by atoms with van der Waals surface area (Å²) in [5.74, 6) is 0.817. The Labute approximate surface area is 112 Å². The van der Waals surface area contributed by atoms with Crippen LogP contribution in [0.2, 0.25) is 0 Å². The van der Waals surface area contributed by atoms with Crippen LogP contribution in [0.5, 0.6) is 0 Å². The van der Waals surface area contributed by atoms with Crippen LogP contribution < -0.4 is 10.6 Å². The maximum absolute atomic E-state index is 4.19. The Bertz CT molecular complexity index is 394. The van der Waals surface area contributed by atoms with Crippen molar-refractivity contribution in [2.75, 3.05) is 7.05 Å². The standard InChI is InChI=1S/C13H20BrN3/c1-13(2,3)17-12(15-4)16-9-10-6-5-7-11(14)8-10/h5-8H,9H2,1-4H3,(H2,15,16,17). The summed E-state index contributed by atoms with van der Waals surface area (Å²) in [6.07, 6.45) is 0. The van der Waals surface area contributed by atoms with Gasteiger partial charge in [-0.2, -0.15) is 0 Å². The van der Waals surface area contributed by atoms with Crippen molar-refractivity contribution in [3.63, 3.8) is 0 Å². The number of guanidine groups is 1. The molecule has 0 amide bonds. The molecular weight excluding hydrogens is 278 g/mol. The van der Waals surface area contributed by atoms with Gasteiger partial charge in [0.1, 0.15) is 0 Å². The second-order valence-corrected chi connectivity index (χ2v) is 5.85. The van der Waals surface area contributed by atoms with E-state index in [1.54, 1.807) is 7.05 Å². The monoisotopic (exact) mass is 297 g/mol. The van der Waals surface area contributed by atoms with Crippen molar-refractivity contribution >= 4 is 21.9 Å². The van der Waals surface area contributed by atoms with Crippen molar-refractivity contribution in [3.05, 3.63) is 34.3 Å². The number of benzene rings is 1. The molecule has 1 aromatic rings. The molecular formula is C13H20BrN3. The molecule has 94 valence electrons. The largest absolute Gasteiger partial charge is 0.352 e. The third kappa shape index (κ3) is 5.73. The molecule has 0 saturated heterocycles. The Balaban J connectivity index is 2.54. The van der Waals surface area contributed by atoms with Gasteiger partial charge in [0, 0.05) is 23.6 Å². The Morgan fingerprint density at radius 2 is 2.06 bits per heavy atom. The first-order chi connectivity index (χ1) is 7.90. The predicted octanol–water partition coefficient (Wildman–Crippen LogP) is 2.91. The molecule has 3 nitrogen and oxygen atoms in total. The molecule has 17 heavy (non-hydrogen) atoms. The summed E-state index contributed by atoms with van der Waals surface area (Å²) in [4.78, 5) is 4.19. The lowest BCUT2D eigenvalue weighted by Crippen LogP contribution is -2.47. The number of hydrogen-bond donors (Lipinski definition) is 2. The lowest BCUT2D eigenvalue weighted by molar-refractivity contribution is 0.501. The van der Waals surface area contributed by atoms with Gasteiger partial charge in [0.25, 0.3) is 0 Å². The zero-order chi connectivity index (χ0) is 12.9. The highest BCUT2D eigenvalue weighted by Gasteiger charge is 2.11. The smallest absolute Gasteiger partial charge is 0.191 e. The van der Waals surface area contributed by atoms with E-state index < -0.39 is 0 Å². The van der Waals surface area contributed by atoms with Crippen LogP contribution in [0.25, 0.3) is 0 Å². The molecule has 0 saturated carbocycles. The van der Waals surface area contributed by atoms with Crippen LogP contribution >= 0.6 is 15.9 Å². The second-order valence-electron chi connectivity index (χ2n) is 4.93. The van der Waals surface area contributed by atoms with Crippen LogP contribution in [0, 0.1) is 0 Å². The molecule has 0 atom stereocenters. The molecule has 0 bridgehead atoms. The first kappa shape index (κ1) is 14.0. The number of nitrogens with zero attached hydrogens (tertiary/aromatic N) is 1. The van der Waals surface area contributed by atoms with Gasteiger partial charge in [-0.1, -0.05) is 28.1 Å². The first-order valence-electron chi connectivity index (χ1n) is 5.64. The average Bonchev–Trinajstić information content (AvgIpc) is 2.23. The summed E-state index contributed by atoms with van der Waals surface area (Å²) in [6.45, 7) is 7.09. The van der Waals surface area contributed by atoms with Gasteiger partial charge in [-0.15, -0.1) is 0 Å². The Morgan fingerprint density at radius 1 is 1.35 bits per heavy atom. The molecule has 0 aromatic heterocycles. The molecule has 0 aliphatic carbocycles. The molecule has 0 heterocycles. The number of nitrogens with one attached hydrogen (secondary N) is 2. The summed E-state index contributed by atoms with van der Waals surface area (Å²) in [7, 11) is 1.78. The fourth-order valence-corrected chi connectivity index (χ4v) is 1.81. The molecule has 2 N–H and O–H groups in total. The third-order valence-corrected chi connectivity index (χ3v) is 2.56. The van der Waals surface area contributed by atoms with E-state index in [4.69, 9.17) is 0 Å². The normalized spacial score (nSPS) is 12.4. The second kappa shape index (κ2) is 6.05. The topological polar surface area (TPSA) is 36.4 Å². The van der Waals surface area contributed by atoms with Crippen LogP contribution in [0.15, 0.2) is 33.7 Å². The minimum absolute atomic E-state index is 0.0130. The molecule has 1 rings (SSSR count). The maximum atomic E-state index is 4.19. The van der Waals surface area contributed by atoms with E-state index in [9.17, 15) is 0 Å². The Hall–Kier alpha value is -1.03. The van der Waals surface area contributed by atoms with E-state index in [1.807, 2.05) is 12.1 Å². The molecule has 0 fully saturated rings. The number of halogens is 1. The summed E-state index contributed by atoms with van der Waals surface area (Å²) >= 11 is 3.46. The maximum Gasteiger partial charge on any atom is 0.191 e. The first-order valence-corrected chi connectivity index (χ1v) is 6.43. The molecule has 0 aliphatic heterocycles. The minimum Gasteiger partial charge on any atom is -0.352 e. The molecule has 0 aliphatic rings. The number of hydrogen-bond acceptors (Lipinski definition) is 1. The average molecular weight is 298 g/mol. The SMILES string of the molecule is CN=C(NCc1cccc(Br)c1)NC(C)(C)C. The third-order valence-electron chi connectivity index (χ3n) is 2.07. The van der Waals surface area contributed by atoms with E-state index in [0.717, 1.165) is 17.0 Å². The van der Waals surface area contributed by atoms with Crippen LogP contribution in [-0.2, 0) is 6.54 Å². The summed E-state index contributed by atoms with van der Waals surface area (Å²) in [5, 5.41) is 6.61. The lowest BCUT2D eigenvalue weighted by atomic mass is 10.1. The van der Waals surface area contributed by atoms with Crippen LogP contribution in [0.3, 0.4) is 0 Å². The minimum atomic E-state index is 0.0130. The molecule has 4 heteroatoms. The molecule has 1 aromatic carbocycles. The number of aliphatic imine (C=N–C) groups is 1. The van der Waals surface area contributed by atoms with Crippen molar-refractivity contribution in [2.24, 2.45) is 4.99 Å². The zero-order valence-corrected chi connectivity index (χ0v) is 12.4. The van der Waals surface area contributed by atoms with E-state index in [0.29, 0.717) is 0 Å². The van der Waals surface area contributed by atoms with Gasteiger partial charge in [0.05, 0.1) is 0 Å². The van der Waals surface area contributed by atoms with Gasteiger partial charge in [0.15, 0.2) is 5.96 Å². The van der Waals surface area contributed by atoms with Gasteiger partial charge >= 0.3 is 0 Å². The van der Waals surface area contributed by atoms with E-state index in [-0.39, 0.29) is 5.54 Å². The summed E-state index contributed by atoms with van der Waals surface area (Å²) in [6, 6.07) is 8.23. The number of rotatable bonds is 2. The Morgan fingerprint density at radius 3 is 2.59 bits per heavy atom. The van der Waals surface area contributed by atoms with Crippen LogP contribution in [0.1, 0.15) is 26.3 Å². The fourth-order valence-electron chi connectivity index (χ4n) is 1.37. The van der Waals surface area contributed by atoms with Crippen molar-refractivity contribution in [2.45, 2.75) is 32.9 Å².